The molecule has 1 saturated heterocycles. The van der Waals surface area contributed by atoms with Gasteiger partial charge in [0.15, 0.2) is 12.2 Å². The van der Waals surface area contributed by atoms with E-state index in [1.165, 1.54) is 116 Å². The number of aliphatic hydroxyl groups is 1. The molecular formula is C42H76O8. The molecular weight excluding hydrogens is 632 g/mol. The minimum absolute atomic E-state index is 0.129. The maximum atomic E-state index is 12.5. The van der Waals surface area contributed by atoms with Crippen LogP contribution in [0.2, 0.25) is 0 Å². The monoisotopic (exact) mass is 709 g/mol. The largest absolute Gasteiger partial charge is 0.456 e. The number of esters is 3. The minimum Gasteiger partial charge on any atom is -0.456 e. The van der Waals surface area contributed by atoms with E-state index in [-0.39, 0.29) is 12.8 Å². The predicted octanol–water partition coefficient (Wildman–Crippen LogP) is 10.5. The van der Waals surface area contributed by atoms with E-state index in [9.17, 15) is 24.3 Å². The van der Waals surface area contributed by atoms with E-state index in [1.807, 2.05) is 0 Å². The Labute approximate surface area is 305 Å². The van der Waals surface area contributed by atoms with Crippen molar-refractivity contribution in [2.24, 2.45) is 11.8 Å². The zero-order valence-corrected chi connectivity index (χ0v) is 32.7. The molecule has 0 aromatic heterocycles. The number of carbonyl (C=O) groups excluding carboxylic acids is 4. The van der Waals surface area contributed by atoms with Crippen LogP contribution in [-0.4, -0.2) is 53.7 Å². The molecule has 1 fully saturated rings. The lowest BCUT2D eigenvalue weighted by Gasteiger charge is -2.24. The summed E-state index contributed by atoms with van der Waals surface area (Å²) in [6, 6.07) is 0. The van der Waals surface area contributed by atoms with Crippen LogP contribution >= 0.6 is 0 Å². The average Bonchev–Trinajstić information content (AvgIpc) is 3.35. The van der Waals surface area contributed by atoms with E-state index in [0.717, 1.165) is 50.4 Å². The molecule has 0 bridgehead atoms. The Bertz CT molecular complexity index is 885. The maximum absolute atomic E-state index is 12.5. The second-order valence-corrected chi connectivity index (χ2v) is 15.7. The third kappa shape index (κ3) is 24.3. The van der Waals surface area contributed by atoms with Crippen molar-refractivity contribution in [3.63, 3.8) is 0 Å². The number of ether oxygens (including phenoxy) is 3. The number of hydrogen-bond acceptors (Lipinski definition) is 8. The molecule has 0 aromatic rings. The van der Waals surface area contributed by atoms with Crippen molar-refractivity contribution in [1.82, 2.24) is 0 Å². The second-order valence-electron chi connectivity index (χ2n) is 15.7. The summed E-state index contributed by atoms with van der Waals surface area (Å²) in [5.74, 6) is -1.64. The van der Waals surface area contributed by atoms with Gasteiger partial charge in [0.25, 0.3) is 5.78 Å². The Kier molecular flexibility index (Phi) is 28.2. The summed E-state index contributed by atoms with van der Waals surface area (Å²) in [4.78, 5) is 49.5. The smallest absolute Gasteiger partial charge is 0.379 e. The maximum Gasteiger partial charge on any atom is 0.379 e. The molecule has 1 aliphatic heterocycles. The van der Waals surface area contributed by atoms with Crippen LogP contribution in [0.1, 0.15) is 207 Å². The van der Waals surface area contributed by atoms with Gasteiger partial charge in [0, 0.05) is 12.8 Å². The summed E-state index contributed by atoms with van der Waals surface area (Å²) in [5, 5.41) is 9.90. The van der Waals surface area contributed by atoms with Crippen LogP contribution in [0.4, 0.5) is 0 Å². The fourth-order valence-corrected chi connectivity index (χ4v) is 6.72. The lowest BCUT2D eigenvalue weighted by Crippen LogP contribution is -2.44. The van der Waals surface area contributed by atoms with Crippen LogP contribution < -0.4 is 0 Å². The highest BCUT2D eigenvalue weighted by Crippen LogP contribution is 2.23. The van der Waals surface area contributed by atoms with E-state index in [4.69, 9.17) is 14.2 Å². The molecule has 0 aliphatic carbocycles. The number of rotatable bonds is 34. The first-order valence-electron chi connectivity index (χ1n) is 20.9. The van der Waals surface area contributed by atoms with Gasteiger partial charge in [0.05, 0.1) is 6.61 Å². The lowest BCUT2D eigenvalue weighted by molar-refractivity contribution is -0.173. The van der Waals surface area contributed by atoms with E-state index >= 15 is 0 Å². The lowest BCUT2D eigenvalue weighted by atomic mass is 10.0. The second kappa shape index (κ2) is 30.6. The molecule has 1 rings (SSSR count). The summed E-state index contributed by atoms with van der Waals surface area (Å²) in [6.07, 6.45) is 27.3. The number of unbranched alkanes of at least 4 members (excludes halogenated alkanes) is 22. The average molecular weight is 709 g/mol. The molecule has 1 N–H and O–H groups in total. The molecule has 0 amide bonds. The standard InChI is InChI=1S/C42H76O8/c1-34(2)29-25-21-17-13-9-5-7-11-15-19-23-27-31-37(44)48-36(33-43)40-41(39(46)42(47)50-40)49-38(45)32-28-24-20-16-12-8-6-10-14-18-22-26-30-35(3)4/h34-36,40-41,43H,5-33H2,1-4H3/t36-,40+,41?/m0/s1. The molecule has 1 unspecified atom stereocenters. The van der Waals surface area contributed by atoms with E-state index in [0.29, 0.717) is 12.8 Å². The van der Waals surface area contributed by atoms with Gasteiger partial charge in [0.2, 0.25) is 6.10 Å². The van der Waals surface area contributed by atoms with Crippen molar-refractivity contribution in [2.45, 2.75) is 226 Å². The van der Waals surface area contributed by atoms with Gasteiger partial charge in [-0.25, -0.2) is 4.79 Å². The van der Waals surface area contributed by atoms with Crippen LogP contribution in [0.5, 0.6) is 0 Å². The summed E-state index contributed by atoms with van der Waals surface area (Å²) in [6.45, 7) is 8.50. The number of ketones is 1. The Morgan fingerprint density at radius 3 is 1.26 bits per heavy atom. The van der Waals surface area contributed by atoms with E-state index in [1.54, 1.807) is 0 Å². The number of aliphatic hydroxyl groups excluding tert-OH is 1. The molecule has 0 aromatic carbocycles. The highest BCUT2D eigenvalue weighted by atomic mass is 16.6. The molecule has 1 heterocycles. The first-order chi connectivity index (χ1) is 24.1. The fraction of sp³-hybridized carbons (Fsp3) is 0.905. The van der Waals surface area contributed by atoms with E-state index in [2.05, 4.69) is 27.7 Å². The van der Waals surface area contributed by atoms with Gasteiger partial charge in [-0.15, -0.1) is 0 Å². The van der Waals surface area contributed by atoms with Crippen molar-refractivity contribution < 1.29 is 38.5 Å². The first kappa shape index (κ1) is 46.1. The summed E-state index contributed by atoms with van der Waals surface area (Å²) in [5.41, 5.74) is 0. The van der Waals surface area contributed by atoms with Crippen LogP contribution in [0.25, 0.3) is 0 Å². The SMILES string of the molecule is CC(C)CCCCCCCCCCCCCCC(=O)OC1C(=O)C(=O)O[C@@H]1[C@H](CO)OC(=O)CCCCCCCCCCCCCCC(C)C. The van der Waals surface area contributed by atoms with Crippen LogP contribution in [0, 0.1) is 11.8 Å². The molecule has 3 atom stereocenters. The molecule has 0 radical (unpaired) electrons. The Hall–Kier alpha value is -1.96. The molecule has 8 heteroatoms. The van der Waals surface area contributed by atoms with Crippen LogP contribution in [0.15, 0.2) is 0 Å². The number of Topliss-reactive ketones (excluding diaryl/α,β-unsaturated/α-hetero) is 1. The summed E-state index contributed by atoms with van der Waals surface area (Å²) in [7, 11) is 0. The predicted molar refractivity (Wildman–Crippen MR) is 201 cm³/mol. The Balaban J connectivity index is 2.15. The third-order valence-electron chi connectivity index (χ3n) is 9.91. The molecule has 8 nitrogen and oxygen atoms in total. The fourth-order valence-electron chi connectivity index (χ4n) is 6.72. The minimum atomic E-state index is -1.51. The molecule has 292 valence electrons. The molecule has 0 spiro atoms. The molecule has 1 aliphatic rings. The van der Waals surface area contributed by atoms with Gasteiger partial charge in [-0.05, 0) is 24.7 Å². The Morgan fingerprint density at radius 2 is 0.900 bits per heavy atom. The number of carbonyl (C=O) groups is 4. The summed E-state index contributed by atoms with van der Waals surface area (Å²) < 4.78 is 15.8. The van der Waals surface area contributed by atoms with Crippen molar-refractivity contribution >= 4 is 23.7 Å². The highest BCUT2D eigenvalue weighted by Gasteiger charge is 2.51. The zero-order chi connectivity index (χ0) is 36.8. The van der Waals surface area contributed by atoms with E-state index < -0.39 is 48.6 Å². The van der Waals surface area contributed by atoms with Gasteiger partial charge in [-0.1, -0.05) is 182 Å². The van der Waals surface area contributed by atoms with Crippen molar-refractivity contribution in [3.05, 3.63) is 0 Å². The van der Waals surface area contributed by atoms with Gasteiger partial charge in [-0.2, -0.15) is 0 Å². The zero-order valence-electron chi connectivity index (χ0n) is 32.7. The number of cyclic esters (lactones) is 1. The van der Waals surface area contributed by atoms with Crippen molar-refractivity contribution in [3.8, 4) is 0 Å². The highest BCUT2D eigenvalue weighted by molar-refractivity contribution is 6.37. The Morgan fingerprint density at radius 1 is 0.560 bits per heavy atom. The topological polar surface area (TPSA) is 116 Å². The number of hydrogen-bond donors (Lipinski definition) is 1. The van der Waals surface area contributed by atoms with Crippen molar-refractivity contribution in [2.75, 3.05) is 6.61 Å². The third-order valence-corrected chi connectivity index (χ3v) is 9.91. The normalized spacial score (nSPS) is 16.7. The van der Waals surface area contributed by atoms with Crippen LogP contribution in [-0.2, 0) is 33.4 Å². The summed E-state index contributed by atoms with van der Waals surface area (Å²) >= 11 is 0. The van der Waals surface area contributed by atoms with Gasteiger partial charge in [-0.3, -0.25) is 14.4 Å². The van der Waals surface area contributed by atoms with Gasteiger partial charge >= 0.3 is 17.9 Å². The van der Waals surface area contributed by atoms with Gasteiger partial charge in [0.1, 0.15) is 0 Å². The first-order valence-corrected chi connectivity index (χ1v) is 20.9. The van der Waals surface area contributed by atoms with Crippen LogP contribution in [0.3, 0.4) is 0 Å². The van der Waals surface area contributed by atoms with Crippen molar-refractivity contribution in [1.29, 1.82) is 0 Å². The van der Waals surface area contributed by atoms with Gasteiger partial charge < -0.3 is 19.3 Å². The molecule has 50 heavy (non-hydrogen) atoms. The molecule has 0 saturated carbocycles. The quantitative estimate of drug-likeness (QED) is 0.0304.